The molecule has 2 nitrogen and oxygen atoms in total. The Balaban J connectivity index is 1.75. The van der Waals surface area contributed by atoms with Crippen LogP contribution in [0.3, 0.4) is 0 Å². The minimum atomic E-state index is 0.757. The molecule has 4 aliphatic rings. The van der Waals surface area contributed by atoms with Crippen LogP contribution in [0.1, 0.15) is 18.4 Å². The normalized spacial score (nSPS) is 41.1. The molecule has 4 heterocycles. The summed E-state index contributed by atoms with van der Waals surface area (Å²) in [5.41, 5.74) is 2.91. The third-order valence-corrected chi connectivity index (χ3v) is 5.33. The van der Waals surface area contributed by atoms with Gasteiger partial charge in [-0.2, -0.15) is 0 Å². The first kappa shape index (κ1) is 10.8. The van der Waals surface area contributed by atoms with Crippen molar-refractivity contribution in [2.45, 2.75) is 18.9 Å². The van der Waals surface area contributed by atoms with E-state index >= 15 is 0 Å². The molecule has 2 atom stereocenters. The minimum absolute atomic E-state index is 0.757. The summed E-state index contributed by atoms with van der Waals surface area (Å²) >= 11 is 0. The third-order valence-electron chi connectivity index (χ3n) is 5.33. The van der Waals surface area contributed by atoms with Crippen LogP contribution in [0.25, 0.3) is 6.08 Å². The van der Waals surface area contributed by atoms with Gasteiger partial charge in [0.1, 0.15) is 17.9 Å². The fraction of sp³-hybridized carbons (Fsp3) is 0.500. The summed E-state index contributed by atoms with van der Waals surface area (Å²) in [5.74, 6) is 0.913. The number of benzene rings is 1. The first-order valence-electron chi connectivity index (χ1n) is 7.14. The fourth-order valence-electron chi connectivity index (χ4n) is 4.21. The molecule has 3 saturated heterocycles. The molecule has 0 amide bonds. The second kappa shape index (κ2) is 3.69. The van der Waals surface area contributed by atoms with E-state index in [1.54, 1.807) is 0 Å². The molecule has 0 aliphatic carbocycles. The van der Waals surface area contributed by atoms with Gasteiger partial charge in [-0.25, -0.2) is 0 Å². The van der Waals surface area contributed by atoms with Crippen molar-refractivity contribution in [1.29, 1.82) is 0 Å². The Hall–Kier alpha value is -1.12. The van der Waals surface area contributed by atoms with Crippen molar-refractivity contribution in [2.75, 3.05) is 26.7 Å². The van der Waals surface area contributed by atoms with Crippen LogP contribution in [0.2, 0.25) is 0 Å². The summed E-state index contributed by atoms with van der Waals surface area (Å²) in [6.07, 6.45) is 7.52. The largest absolute Gasteiger partial charge is 0.297 e. The number of quaternary nitrogens is 1. The Morgan fingerprint density at radius 2 is 1.94 bits per heavy atom. The highest BCUT2D eigenvalue weighted by atomic mass is 15.4. The van der Waals surface area contributed by atoms with Crippen molar-refractivity contribution in [3.05, 3.63) is 36.0 Å². The van der Waals surface area contributed by atoms with Crippen LogP contribution in [-0.4, -0.2) is 37.6 Å². The van der Waals surface area contributed by atoms with Crippen LogP contribution < -0.4 is 4.48 Å². The zero-order valence-electron chi connectivity index (χ0n) is 11.0. The smallest absolute Gasteiger partial charge is 0.145 e. The summed E-state index contributed by atoms with van der Waals surface area (Å²) in [6.45, 7) is 3.93. The van der Waals surface area contributed by atoms with Crippen molar-refractivity contribution >= 4 is 11.8 Å². The van der Waals surface area contributed by atoms with Crippen LogP contribution in [-0.2, 0) is 0 Å². The van der Waals surface area contributed by atoms with Gasteiger partial charge in [0, 0.05) is 23.6 Å². The Labute approximate surface area is 109 Å². The zero-order valence-corrected chi connectivity index (χ0v) is 11.0. The molecule has 3 fully saturated rings. The van der Waals surface area contributed by atoms with Gasteiger partial charge in [-0.05, 0) is 32.0 Å². The number of para-hydroxylation sites is 1. The molecule has 0 spiro atoms. The number of fused-ring (bicyclic) bond motifs is 4. The van der Waals surface area contributed by atoms with E-state index in [0.717, 1.165) is 16.4 Å². The highest BCUT2D eigenvalue weighted by molar-refractivity contribution is 5.73. The maximum Gasteiger partial charge on any atom is 0.145 e. The second-order valence-corrected chi connectivity index (χ2v) is 6.23. The molecule has 5 rings (SSSR count). The van der Waals surface area contributed by atoms with Gasteiger partial charge in [0.05, 0.1) is 13.6 Å². The van der Waals surface area contributed by atoms with Crippen LogP contribution in [0.5, 0.6) is 0 Å². The third kappa shape index (κ3) is 1.36. The number of likely N-dealkylation sites (N-methyl/N-ethyl adjacent to an activating group) is 1. The number of hydrogen-bond acceptors (Lipinski definition) is 1. The Bertz CT molecular complexity index is 500. The quantitative estimate of drug-likeness (QED) is 0.683. The van der Waals surface area contributed by atoms with Gasteiger partial charge in [0.25, 0.3) is 0 Å². The summed E-state index contributed by atoms with van der Waals surface area (Å²) < 4.78 is 1.03. The highest BCUT2D eigenvalue weighted by Gasteiger charge is 2.47. The van der Waals surface area contributed by atoms with Crippen molar-refractivity contribution < 1.29 is 0 Å². The molecule has 4 aliphatic heterocycles. The molecule has 2 heteroatoms. The predicted molar refractivity (Wildman–Crippen MR) is 76.1 cm³/mol. The van der Waals surface area contributed by atoms with Crippen molar-refractivity contribution in [2.24, 2.45) is 5.92 Å². The highest BCUT2D eigenvalue weighted by Crippen LogP contribution is 2.42. The van der Waals surface area contributed by atoms with E-state index in [2.05, 4.69) is 48.5 Å². The van der Waals surface area contributed by atoms with E-state index in [-0.39, 0.29) is 0 Å². The summed E-state index contributed by atoms with van der Waals surface area (Å²) in [6, 6.07) is 9.65. The average Bonchev–Trinajstić information content (AvgIpc) is 2.80. The monoisotopic (exact) mass is 241 g/mol. The summed E-state index contributed by atoms with van der Waals surface area (Å²) in [7, 11) is 2.40. The number of nitrogens with zero attached hydrogens (tertiary/aromatic N) is 2. The molecule has 0 saturated carbocycles. The van der Waals surface area contributed by atoms with E-state index in [0.29, 0.717) is 0 Å². The fourth-order valence-corrected chi connectivity index (χ4v) is 4.21. The lowest BCUT2D eigenvalue weighted by atomic mass is 9.82. The predicted octanol–water partition coefficient (Wildman–Crippen LogP) is 2.70. The minimum Gasteiger partial charge on any atom is -0.297 e. The van der Waals surface area contributed by atoms with E-state index in [4.69, 9.17) is 0 Å². The molecule has 18 heavy (non-hydrogen) atoms. The van der Waals surface area contributed by atoms with E-state index < -0.39 is 0 Å². The molecule has 2 unspecified atom stereocenters. The second-order valence-electron chi connectivity index (χ2n) is 6.23. The van der Waals surface area contributed by atoms with Crippen LogP contribution in [0, 0.1) is 5.92 Å². The van der Waals surface area contributed by atoms with Crippen LogP contribution >= 0.6 is 0 Å². The lowest BCUT2D eigenvalue weighted by Crippen LogP contribution is -2.63. The van der Waals surface area contributed by atoms with Gasteiger partial charge >= 0.3 is 0 Å². The molecule has 94 valence electrons. The molecular weight excluding hydrogens is 220 g/mol. The first-order chi connectivity index (χ1) is 8.77. The summed E-state index contributed by atoms with van der Waals surface area (Å²) in [4.78, 5) is 2.66. The number of piperidine rings is 3. The van der Waals surface area contributed by atoms with Crippen molar-refractivity contribution in [3.63, 3.8) is 0 Å². The van der Waals surface area contributed by atoms with Gasteiger partial charge in [-0.15, -0.1) is 0 Å². The van der Waals surface area contributed by atoms with Crippen molar-refractivity contribution in [3.8, 4) is 0 Å². The van der Waals surface area contributed by atoms with E-state index in [1.165, 1.54) is 43.7 Å². The SMILES string of the molecule is C[N+]1(C2CN3CCC2CC3)C=Cc2ccccc21. The molecule has 0 radical (unpaired) electrons. The van der Waals surface area contributed by atoms with Crippen molar-refractivity contribution in [1.82, 2.24) is 9.38 Å². The molecule has 1 aromatic rings. The maximum atomic E-state index is 2.66. The van der Waals surface area contributed by atoms with Gasteiger partial charge in [-0.3, -0.25) is 9.38 Å². The Morgan fingerprint density at radius 3 is 2.67 bits per heavy atom. The molecule has 0 N–H and O–H groups in total. The number of rotatable bonds is 1. The Kier molecular flexibility index (Phi) is 2.21. The van der Waals surface area contributed by atoms with Crippen LogP contribution in [0.4, 0.5) is 5.69 Å². The standard InChI is InChI=1S/C16H21N2/c1-18(11-8-13-4-2-3-5-15(13)18)16-12-17-9-6-14(16)7-10-17/h2-5,8,11,14,16H,6-7,9-10,12H2,1H3/q+1. The Morgan fingerprint density at radius 1 is 1.17 bits per heavy atom. The summed E-state index contributed by atoms with van der Waals surface area (Å²) in [5, 5.41) is 0. The van der Waals surface area contributed by atoms with Gasteiger partial charge in [0.2, 0.25) is 0 Å². The number of hydrogen-bond donors (Lipinski definition) is 0. The van der Waals surface area contributed by atoms with Gasteiger partial charge < -0.3 is 0 Å². The molecule has 2 bridgehead atoms. The lowest BCUT2D eigenvalue weighted by Gasteiger charge is -2.50. The van der Waals surface area contributed by atoms with Crippen LogP contribution in [0.15, 0.2) is 30.5 Å². The lowest BCUT2D eigenvalue weighted by molar-refractivity contribution is 0.0378. The van der Waals surface area contributed by atoms with E-state index in [9.17, 15) is 0 Å². The van der Waals surface area contributed by atoms with Gasteiger partial charge in [-0.1, -0.05) is 12.1 Å². The topological polar surface area (TPSA) is 3.24 Å². The first-order valence-corrected chi connectivity index (χ1v) is 7.14. The zero-order chi connectivity index (χ0) is 12.2. The molecule has 0 aromatic heterocycles. The average molecular weight is 241 g/mol. The molecule has 1 aromatic carbocycles. The van der Waals surface area contributed by atoms with E-state index in [1.807, 2.05) is 0 Å². The maximum absolute atomic E-state index is 2.66. The molecular formula is C16H21N2+. The van der Waals surface area contributed by atoms with Gasteiger partial charge in [0.15, 0.2) is 0 Å².